The number of aliphatic hydroxyl groups is 1. The van der Waals surface area contributed by atoms with Gasteiger partial charge in [0.25, 0.3) is 5.91 Å². The summed E-state index contributed by atoms with van der Waals surface area (Å²) in [4.78, 5) is 35.2. The number of ketones is 1. The smallest absolute Gasteiger partial charge is 0.325 e. The zero-order chi connectivity index (χ0) is 20.6. The molecule has 146 valence electrons. The Morgan fingerprint density at radius 1 is 1.11 bits per heavy atom. The predicted molar refractivity (Wildman–Crippen MR) is 96.6 cm³/mol. The largest absolute Gasteiger partial charge is 0.508 e. The maximum Gasteiger partial charge on any atom is 0.325 e. The van der Waals surface area contributed by atoms with Crippen LogP contribution in [-0.2, 0) is 14.3 Å². The topological polar surface area (TPSA) is 135 Å². The molecular formula is C18H22N2O7. The number of nitrogens with one attached hydrogen (secondary N) is 2. The molecule has 0 aliphatic carbocycles. The molecule has 1 rings (SSSR count). The number of carbonyl (C=O) groups is 3. The van der Waals surface area contributed by atoms with Crippen molar-refractivity contribution in [1.29, 1.82) is 5.41 Å². The molecule has 0 aliphatic rings. The number of methoxy groups -OCH3 is 2. The van der Waals surface area contributed by atoms with Crippen molar-refractivity contribution >= 4 is 23.4 Å². The lowest BCUT2D eigenvalue weighted by molar-refractivity contribution is -0.142. The Balaban J connectivity index is 2.64. The van der Waals surface area contributed by atoms with Gasteiger partial charge in [-0.3, -0.25) is 14.4 Å². The van der Waals surface area contributed by atoms with E-state index >= 15 is 0 Å². The number of rotatable bonds is 9. The van der Waals surface area contributed by atoms with Gasteiger partial charge in [0.1, 0.15) is 18.9 Å². The van der Waals surface area contributed by atoms with Crippen molar-refractivity contribution in [2.75, 3.05) is 27.4 Å². The van der Waals surface area contributed by atoms with Crippen LogP contribution in [0.15, 0.2) is 29.5 Å². The lowest BCUT2D eigenvalue weighted by Gasteiger charge is -2.10. The second-order valence-electron chi connectivity index (χ2n) is 5.42. The molecule has 0 aromatic heterocycles. The minimum Gasteiger partial charge on any atom is -0.508 e. The Bertz CT molecular complexity index is 768. The Morgan fingerprint density at radius 2 is 1.74 bits per heavy atom. The fourth-order valence-corrected chi connectivity index (χ4v) is 2.19. The number of ether oxygens (including phenoxy) is 3. The van der Waals surface area contributed by atoms with Crippen molar-refractivity contribution in [2.45, 2.75) is 13.8 Å². The van der Waals surface area contributed by atoms with Crippen LogP contribution < -0.4 is 14.8 Å². The van der Waals surface area contributed by atoms with E-state index in [9.17, 15) is 19.5 Å². The Kier molecular flexibility index (Phi) is 7.99. The van der Waals surface area contributed by atoms with Gasteiger partial charge in [-0.1, -0.05) is 0 Å². The maximum atomic E-state index is 12.1. The van der Waals surface area contributed by atoms with Crippen molar-refractivity contribution in [3.05, 3.63) is 35.1 Å². The van der Waals surface area contributed by atoms with Gasteiger partial charge in [0.15, 0.2) is 17.3 Å². The summed E-state index contributed by atoms with van der Waals surface area (Å²) in [7, 11) is 2.90. The highest BCUT2D eigenvalue weighted by atomic mass is 16.5. The summed E-state index contributed by atoms with van der Waals surface area (Å²) in [5.41, 5.74) is -0.101. The standard InChI is InChI=1S/C18H22N2O7/c1-10(19)17(11(2)21)13(22)9-27-16(23)8-20-18(24)12-5-6-14(25-3)15(7-12)26-4/h5-7,19,22H,8-9H2,1-4H3,(H,20,24)/b17-13-,19-10?. The molecule has 1 amide bonds. The fourth-order valence-electron chi connectivity index (χ4n) is 2.19. The normalized spacial score (nSPS) is 11.1. The third-order valence-corrected chi connectivity index (χ3v) is 3.42. The average Bonchev–Trinajstić information content (AvgIpc) is 2.63. The monoisotopic (exact) mass is 378 g/mol. The molecule has 9 heteroatoms. The van der Waals surface area contributed by atoms with Crippen molar-refractivity contribution in [1.82, 2.24) is 5.32 Å². The Hall–Kier alpha value is -3.36. The van der Waals surface area contributed by atoms with Crippen molar-refractivity contribution in [2.24, 2.45) is 0 Å². The highest BCUT2D eigenvalue weighted by Crippen LogP contribution is 2.27. The van der Waals surface area contributed by atoms with Crippen LogP contribution in [0.3, 0.4) is 0 Å². The Morgan fingerprint density at radius 3 is 2.26 bits per heavy atom. The highest BCUT2D eigenvalue weighted by molar-refractivity contribution is 6.19. The summed E-state index contributed by atoms with van der Waals surface area (Å²) < 4.78 is 15.0. The summed E-state index contributed by atoms with van der Waals surface area (Å²) >= 11 is 0. The molecule has 0 heterocycles. The van der Waals surface area contributed by atoms with E-state index in [1.54, 1.807) is 6.07 Å². The van der Waals surface area contributed by atoms with Gasteiger partial charge < -0.3 is 30.0 Å². The van der Waals surface area contributed by atoms with Gasteiger partial charge in [-0.2, -0.15) is 0 Å². The van der Waals surface area contributed by atoms with Crippen LogP contribution in [0.5, 0.6) is 11.5 Å². The number of amides is 1. The van der Waals surface area contributed by atoms with Crippen LogP contribution >= 0.6 is 0 Å². The maximum absolute atomic E-state index is 12.1. The van der Waals surface area contributed by atoms with E-state index < -0.39 is 36.6 Å². The van der Waals surface area contributed by atoms with Crippen LogP contribution in [0.4, 0.5) is 0 Å². The van der Waals surface area contributed by atoms with Crippen molar-refractivity contribution in [3.8, 4) is 11.5 Å². The minimum absolute atomic E-state index is 0.141. The second-order valence-corrected chi connectivity index (χ2v) is 5.42. The van der Waals surface area contributed by atoms with Crippen LogP contribution in [0.1, 0.15) is 24.2 Å². The number of allylic oxidation sites excluding steroid dienone is 1. The predicted octanol–water partition coefficient (Wildman–Crippen LogP) is 1.42. The first kappa shape index (κ1) is 21.7. The number of hydrogen-bond donors (Lipinski definition) is 3. The first-order chi connectivity index (χ1) is 12.7. The molecule has 27 heavy (non-hydrogen) atoms. The fraction of sp³-hybridized carbons (Fsp3) is 0.333. The van der Waals surface area contributed by atoms with Gasteiger partial charge >= 0.3 is 5.97 Å². The third kappa shape index (κ3) is 6.14. The third-order valence-electron chi connectivity index (χ3n) is 3.42. The summed E-state index contributed by atoms with van der Waals surface area (Å²) in [6.07, 6.45) is 0. The molecule has 1 aromatic rings. The quantitative estimate of drug-likeness (QED) is 0.256. The van der Waals surface area contributed by atoms with Crippen molar-refractivity contribution in [3.63, 3.8) is 0 Å². The van der Waals surface area contributed by atoms with E-state index in [0.29, 0.717) is 11.5 Å². The van der Waals surface area contributed by atoms with Gasteiger partial charge in [-0.05, 0) is 32.0 Å². The molecule has 1 aromatic carbocycles. The molecule has 0 atom stereocenters. The van der Waals surface area contributed by atoms with Crippen LogP contribution in [0.2, 0.25) is 0 Å². The van der Waals surface area contributed by atoms with Gasteiger partial charge in [0.05, 0.1) is 19.8 Å². The van der Waals surface area contributed by atoms with Gasteiger partial charge in [-0.25, -0.2) is 0 Å². The lowest BCUT2D eigenvalue weighted by atomic mass is 10.1. The van der Waals surface area contributed by atoms with Gasteiger partial charge in [-0.15, -0.1) is 0 Å². The number of carbonyl (C=O) groups excluding carboxylic acids is 3. The minimum atomic E-state index is -0.819. The van der Waals surface area contributed by atoms with Crippen molar-refractivity contribution < 1.29 is 33.7 Å². The molecule has 0 unspecified atom stereocenters. The molecule has 0 bridgehead atoms. The molecule has 0 spiro atoms. The summed E-state index contributed by atoms with van der Waals surface area (Å²) in [5, 5.41) is 19.6. The van der Waals surface area contributed by atoms with Gasteiger partial charge in [0, 0.05) is 11.3 Å². The molecule has 9 nitrogen and oxygen atoms in total. The average molecular weight is 378 g/mol. The number of aliphatic hydroxyl groups excluding tert-OH is 1. The van der Waals surface area contributed by atoms with E-state index in [1.165, 1.54) is 40.2 Å². The summed E-state index contributed by atoms with van der Waals surface area (Å²) in [6, 6.07) is 4.51. The molecule has 0 aliphatic heterocycles. The zero-order valence-corrected chi connectivity index (χ0v) is 15.5. The highest BCUT2D eigenvalue weighted by Gasteiger charge is 2.16. The zero-order valence-electron chi connectivity index (χ0n) is 15.5. The van der Waals surface area contributed by atoms with E-state index in [0.717, 1.165) is 0 Å². The van der Waals surface area contributed by atoms with Gasteiger partial charge in [0.2, 0.25) is 0 Å². The molecule has 0 saturated heterocycles. The van der Waals surface area contributed by atoms with E-state index in [1.807, 2.05) is 0 Å². The number of esters is 1. The molecular weight excluding hydrogens is 356 g/mol. The lowest BCUT2D eigenvalue weighted by Crippen LogP contribution is -2.31. The van der Waals surface area contributed by atoms with Crippen LogP contribution in [-0.4, -0.2) is 55.8 Å². The Labute approximate surface area is 156 Å². The second kappa shape index (κ2) is 9.95. The summed E-state index contributed by atoms with van der Waals surface area (Å²) in [5.74, 6) is -1.57. The first-order valence-corrected chi connectivity index (χ1v) is 7.85. The summed E-state index contributed by atoms with van der Waals surface area (Å²) in [6.45, 7) is 1.50. The molecule has 3 N–H and O–H groups in total. The number of benzene rings is 1. The SMILES string of the molecule is COc1ccc(C(=O)NCC(=O)OC/C(O)=C(\C(C)=N)C(C)=O)cc1OC. The van der Waals surface area contributed by atoms with E-state index in [-0.39, 0.29) is 16.8 Å². The number of Topliss-reactive ketones (excluding diaryl/α,β-unsaturated/α-hetero) is 1. The van der Waals surface area contributed by atoms with Crippen LogP contribution in [0.25, 0.3) is 0 Å². The van der Waals surface area contributed by atoms with Crippen LogP contribution in [0, 0.1) is 5.41 Å². The van der Waals surface area contributed by atoms with E-state index in [2.05, 4.69) is 5.32 Å². The number of hydrogen-bond acceptors (Lipinski definition) is 8. The van der Waals surface area contributed by atoms with E-state index in [4.69, 9.17) is 19.6 Å². The molecule has 0 radical (unpaired) electrons. The molecule has 0 fully saturated rings. The molecule has 0 saturated carbocycles. The first-order valence-electron chi connectivity index (χ1n) is 7.85.